The number of rotatable bonds is 4. The smallest absolute Gasteiger partial charge is 0.222 e. The molecule has 1 amide bonds. The zero-order valence-corrected chi connectivity index (χ0v) is 9.75. The molecule has 1 aromatic rings. The van der Waals surface area contributed by atoms with Crippen LogP contribution in [0.1, 0.15) is 32.1 Å². The van der Waals surface area contributed by atoms with Gasteiger partial charge in [-0.15, -0.1) is 0 Å². The number of amides is 1. The Morgan fingerprint density at radius 3 is 3.00 bits per heavy atom. The average molecular weight is 238 g/mol. The Kier molecular flexibility index (Phi) is 4.08. The number of hydrogen-bond acceptors (Lipinski definition) is 4. The molecule has 1 aliphatic rings. The Balaban J connectivity index is 1.73. The van der Waals surface area contributed by atoms with Crippen molar-refractivity contribution in [1.29, 1.82) is 0 Å². The number of aryl methyl sites for hydroxylation is 1. The molecule has 0 aromatic carbocycles. The van der Waals surface area contributed by atoms with Crippen LogP contribution in [0.4, 0.5) is 0 Å². The molecule has 6 nitrogen and oxygen atoms in total. The maximum Gasteiger partial charge on any atom is 0.222 e. The second kappa shape index (κ2) is 5.77. The molecule has 1 aliphatic carbocycles. The molecule has 1 heterocycles. The molecule has 0 spiro atoms. The molecule has 94 valence electrons. The number of nitrogens with one attached hydrogen (secondary N) is 1. The number of hydrogen-bond donors (Lipinski definition) is 2. The van der Waals surface area contributed by atoms with E-state index in [0.29, 0.717) is 13.0 Å². The van der Waals surface area contributed by atoms with E-state index < -0.39 is 0 Å². The molecule has 0 aliphatic heterocycles. The van der Waals surface area contributed by atoms with Gasteiger partial charge in [-0.1, -0.05) is 12.8 Å². The molecule has 17 heavy (non-hydrogen) atoms. The van der Waals surface area contributed by atoms with Crippen LogP contribution in [0, 0.1) is 0 Å². The summed E-state index contributed by atoms with van der Waals surface area (Å²) in [5, 5.41) is 16.5. The molecule has 0 bridgehead atoms. The average Bonchev–Trinajstić information content (AvgIpc) is 2.82. The van der Waals surface area contributed by atoms with E-state index in [0.717, 1.165) is 25.7 Å². The van der Waals surface area contributed by atoms with Crippen molar-refractivity contribution in [2.45, 2.75) is 50.8 Å². The number of carbonyl (C=O) groups excluding carboxylic acids is 1. The summed E-state index contributed by atoms with van der Waals surface area (Å²) in [4.78, 5) is 15.5. The first-order chi connectivity index (χ1) is 8.25. The van der Waals surface area contributed by atoms with Crippen LogP contribution in [0.5, 0.6) is 0 Å². The van der Waals surface area contributed by atoms with E-state index in [1.165, 1.54) is 6.33 Å². The highest BCUT2D eigenvalue weighted by Gasteiger charge is 2.24. The summed E-state index contributed by atoms with van der Waals surface area (Å²) in [6, 6.07) is -0.0769. The number of aliphatic hydroxyl groups is 1. The van der Waals surface area contributed by atoms with Crippen LogP contribution in [0.15, 0.2) is 12.7 Å². The molecule has 1 aromatic heterocycles. The predicted molar refractivity (Wildman–Crippen MR) is 61.0 cm³/mol. The van der Waals surface area contributed by atoms with E-state index in [2.05, 4.69) is 15.4 Å². The second-order valence-electron chi connectivity index (χ2n) is 4.43. The quantitative estimate of drug-likeness (QED) is 0.779. The normalized spacial score (nSPS) is 24.5. The van der Waals surface area contributed by atoms with Gasteiger partial charge < -0.3 is 10.4 Å². The van der Waals surface area contributed by atoms with Crippen LogP contribution >= 0.6 is 0 Å². The lowest BCUT2D eigenvalue weighted by atomic mass is 9.92. The third-order valence-corrected chi connectivity index (χ3v) is 3.11. The van der Waals surface area contributed by atoms with Crippen molar-refractivity contribution < 1.29 is 9.90 Å². The van der Waals surface area contributed by atoms with Crippen molar-refractivity contribution in [1.82, 2.24) is 20.1 Å². The number of aliphatic hydroxyl groups excluding tert-OH is 1. The molecule has 1 saturated carbocycles. The number of nitrogens with zero attached hydrogens (tertiary/aromatic N) is 3. The SMILES string of the molecule is O=C(CCn1cncn1)N[C@H]1CCCC[C@@H]1O. The van der Waals surface area contributed by atoms with Gasteiger partial charge in [-0.25, -0.2) is 4.98 Å². The van der Waals surface area contributed by atoms with E-state index in [9.17, 15) is 9.90 Å². The minimum atomic E-state index is -0.390. The van der Waals surface area contributed by atoms with Crippen LogP contribution in [0.25, 0.3) is 0 Å². The molecule has 2 rings (SSSR count). The first kappa shape index (κ1) is 12.0. The van der Waals surface area contributed by atoms with Gasteiger partial charge in [0.1, 0.15) is 12.7 Å². The van der Waals surface area contributed by atoms with Gasteiger partial charge in [0.15, 0.2) is 0 Å². The van der Waals surface area contributed by atoms with E-state index in [-0.39, 0.29) is 18.1 Å². The van der Waals surface area contributed by atoms with Gasteiger partial charge >= 0.3 is 0 Å². The van der Waals surface area contributed by atoms with Crippen molar-refractivity contribution in [3.8, 4) is 0 Å². The van der Waals surface area contributed by atoms with Crippen molar-refractivity contribution in [2.24, 2.45) is 0 Å². The minimum Gasteiger partial charge on any atom is -0.391 e. The Morgan fingerprint density at radius 2 is 2.29 bits per heavy atom. The van der Waals surface area contributed by atoms with E-state index in [1.807, 2.05) is 0 Å². The topological polar surface area (TPSA) is 80.0 Å². The summed E-state index contributed by atoms with van der Waals surface area (Å²) < 4.78 is 1.62. The maximum atomic E-state index is 11.7. The van der Waals surface area contributed by atoms with Crippen molar-refractivity contribution in [3.63, 3.8) is 0 Å². The number of aromatic nitrogens is 3. The lowest BCUT2D eigenvalue weighted by molar-refractivity contribution is -0.123. The van der Waals surface area contributed by atoms with Gasteiger partial charge in [0.2, 0.25) is 5.91 Å². The summed E-state index contributed by atoms with van der Waals surface area (Å²) in [7, 11) is 0. The summed E-state index contributed by atoms with van der Waals surface area (Å²) in [5.74, 6) is -0.0357. The highest BCUT2D eigenvalue weighted by atomic mass is 16.3. The van der Waals surface area contributed by atoms with Crippen LogP contribution in [0.3, 0.4) is 0 Å². The standard InChI is InChI=1S/C11H18N4O2/c16-10-4-2-1-3-9(10)14-11(17)5-6-15-8-12-7-13-15/h7-10,16H,1-6H2,(H,14,17)/t9-,10-/m0/s1. The molecule has 2 N–H and O–H groups in total. The fraction of sp³-hybridized carbons (Fsp3) is 0.727. The van der Waals surface area contributed by atoms with Gasteiger partial charge in [-0.05, 0) is 12.8 Å². The molecule has 0 radical (unpaired) electrons. The van der Waals surface area contributed by atoms with Crippen molar-refractivity contribution in [3.05, 3.63) is 12.7 Å². The zero-order valence-electron chi connectivity index (χ0n) is 9.75. The summed E-state index contributed by atoms with van der Waals surface area (Å²) in [5.41, 5.74) is 0. The van der Waals surface area contributed by atoms with Crippen LogP contribution in [0.2, 0.25) is 0 Å². The van der Waals surface area contributed by atoms with Crippen LogP contribution < -0.4 is 5.32 Å². The van der Waals surface area contributed by atoms with E-state index >= 15 is 0 Å². The monoisotopic (exact) mass is 238 g/mol. The molecule has 2 atom stereocenters. The molecule has 0 unspecified atom stereocenters. The second-order valence-corrected chi connectivity index (χ2v) is 4.43. The highest BCUT2D eigenvalue weighted by molar-refractivity contribution is 5.76. The zero-order chi connectivity index (χ0) is 12.1. The largest absolute Gasteiger partial charge is 0.391 e. The molecule has 0 saturated heterocycles. The van der Waals surface area contributed by atoms with Gasteiger partial charge in [0, 0.05) is 6.42 Å². The van der Waals surface area contributed by atoms with E-state index in [1.54, 1.807) is 11.0 Å². The summed E-state index contributed by atoms with van der Waals surface area (Å²) in [6.07, 6.45) is 6.79. The summed E-state index contributed by atoms with van der Waals surface area (Å²) in [6.45, 7) is 0.522. The van der Waals surface area contributed by atoms with Gasteiger partial charge in [0.05, 0.1) is 18.7 Å². The van der Waals surface area contributed by atoms with Gasteiger partial charge in [-0.3, -0.25) is 9.48 Å². The van der Waals surface area contributed by atoms with E-state index in [4.69, 9.17) is 0 Å². The lowest BCUT2D eigenvalue weighted by Crippen LogP contribution is -2.45. The molecule has 6 heteroatoms. The highest BCUT2D eigenvalue weighted by Crippen LogP contribution is 2.18. The first-order valence-electron chi connectivity index (χ1n) is 6.05. The minimum absolute atomic E-state index is 0.0357. The van der Waals surface area contributed by atoms with Gasteiger partial charge in [-0.2, -0.15) is 5.10 Å². The van der Waals surface area contributed by atoms with Crippen LogP contribution in [-0.4, -0.2) is 37.9 Å². The fourth-order valence-corrected chi connectivity index (χ4v) is 2.12. The molecule has 1 fully saturated rings. The Morgan fingerprint density at radius 1 is 1.47 bits per heavy atom. The Bertz CT molecular complexity index is 352. The Labute approximate surface area is 100 Å². The fourth-order valence-electron chi connectivity index (χ4n) is 2.12. The van der Waals surface area contributed by atoms with Crippen molar-refractivity contribution in [2.75, 3.05) is 0 Å². The third-order valence-electron chi connectivity index (χ3n) is 3.11. The predicted octanol–water partition coefficient (Wildman–Crippen LogP) is 0.0879. The van der Waals surface area contributed by atoms with Gasteiger partial charge in [0.25, 0.3) is 0 Å². The lowest BCUT2D eigenvalue weighted by Gasteiger charge is -2.28. The summed E-state index contributed by atoms with van der Waals surface area (Å²) >= 11 is 0. The number of carbonyl (C=O) groups is 1. The third kappa shape index (κ3) is 3.52. The van der Waals surface area contributed by atoms with Crippen LogP contribution in [-0.2, 0) is 11.3 Å². The maximum absolute atomic E-state index is 11.7. The molecular weight excluding hydrogens is 220 g/mol. The Hall–Kier alpha value is -1.43. The first-order valence-corrected chi connectivity index (χ1v) is 6.05. The molecular formula is C11H18N4O2. The van der Waals surface area contributed by atoms with Crippen molar-refractivity contribution >= 4 is 5.91 Å².